The predicted molar refractivity (Wildman–Crippen MR) is 89.1 cm³/mol. The molecule has 2 aliphatic heterocycles. The van der Waals surface area contributed by atoms with Crippen molar-refractivity contribution in [1.82, 2.24) is 9.62 Å². The van der Waals surface area contributed by atoms with Gasteiger partial charge in [0.2, 0.25) is 10.0 Å². The molecule has 0 amide bonds. The van der Waals surface area contributed by atoms with Gasteiger partial charge in [-0.2, -0.15) is 0 Å². The Kier molecular flexibility index (Phi) is 5.67. The van der Waals surface area contributed by atoms with E-state index in [1.807, 2.05) is 0 Å². The number of sulfonamides is 1. The second-order valence-corrected chi connectivity index (χ2v) is 7.87. The number of hydrogen-bond acceptors (Lipinski definition) is 5. The first-order valence-corrected chi connectivity index (χ1v) is 8.97. The zero-order chi connectivity index (χ0) is 15.7. The van der Waals surface area contributed by atoms with Crippen LogP contribution in [-0.4, -0.2) is 52.0 Å². The molecule has 0 saturated carbocycles. The first-order valence-electron chi connectivity index (χ1n) is 7.36. The third kappa shape index (κ3) is 3.68. The maximum atomic E-state index is 12.6. The lowest BCUT2D eigenvalue weighted by Crippen LogP contribution is -2.33. The largest absolute Gasteiger partial charge is 0.465 e. The van der Waals surface area contributed by atoms with Crippen molar-refractivity contribution >= 4 is 28.4 Å². The Balaban J connectivity index is 0.00000192. The van der Waals surface area contributed by atoms with Gasteiger partial charge in [0, 0.05) is 13.1 Å². The molecule has 0 spiro atoms. The number of halogens is 1. The molecule has 2 heterocycles. The van der Waals surface area contributed by atoms with Crippen LogP contribution in [0.3, 0.4) is 0 Å². The average molecular weight is 361 g/mol. The number of nitrogens with zero attached hydrogens (tertiary/aromatic N) is 1. The summed E-state index contributed by atoms with van der Waals surface area (Å²) in [7, 11) is -2.13. The number of ether oxygens (including phenoxy) is 1. The molecule has 1 aromatic carbocycles. The van der Waals surface area contributed by atoms with E-state index in [2.05, 4.69) is 5.32 Å². The minimum atomic E-state index is -3.42. The number of rotatable bonds is 4. The summed E-state index contributed by atoms with van der Waals surface area (Å²) in [5.41, 5.74) is 0.805. The van der Waals surface area contributed by atoms with Crippen molar-refractivity contribution in [1.29, 1.82) is 0 Å². The molecule has 0 unspecified atom stereocenters. The number of nitrogens with one attached hydrogen (secondary N) is 1. The summed E-state index contributed by atoms with van der Waals surface area (Å²) in [5, 5.41) is 3.29. The van der Waals surface area contributed by atoms with Gasteiger partial charge in [-0.05, 0) is 36.6 Å². The average Bonchev–Trinajstić information content (AvgIpc) is 3.08. The monoisotopic (exact) mass is 360 g/mol. The Morgan fingerprint density at radius 3 is 2.48 bits per heavy atom. The highest BCUT2D eigenvalue weighted by Crippen LogP contribution is 2.29. The lowest BCUT2D eigenvalue weighted by molar-refractivity contribution is 0.0600. The number of carbonyl (C=O) groups excluding carboxylic acids is 1. The van der Waals surface area contributed by atoms with Crippen LogP contribution in [0.5, 0.6) is 0 Å². The van der Waals surface area contributed by atoms with Crippen LogP contribution in [-0.2, 0) is 20.5 Å². The molecule has 2 fully saturated rings. The van der Waals surface area contributed by atoms with Crippen LogP contribution >= 0.6 is 12.4 Å². The summed E-state index contributed by atoms with van der Waals surface area (Å²) >= 11 is 0. The second kappa shape index (κ2) is 7.17. The molecule has 8 heteroatoms. The van der Waals surface area contributed by atoms with Crippen molar-refractivity contribution in [3.05, 3.63) is 35.4 Å². The molecule has 3 rings (SSSR count). The van der Waals surface area contributed by atoms with E-state index in [-0.39, 0.29) is 18.2 Å². The van der Waals surface area contributed by atoms with Crippen LogP contribution < -0.4 is 5.32 Å². The Morgan fingerprint density at radius 2 is 1.87 bits per heavy atom. The summed E-state index contributed by atoms with van der Waals surface area (Å²) in [4.78, 5) is 11.8. The summed E-state index contributed by atoms with van der Waals surface area (Å²) in [6, 6.07) is 6.70. The number of hydrogen-bond donors (Lipinski definition) is 1. The Labute approximate surface area is 142 Å². The van der Waals surface area contributed by atoms with Gasteiger partial charge in [-0.3, -0.25) is 0 Å². The lowest BCUT2D eigenvalue weighted by atomic mass is 10.0. The van der Waals surface area contributed by atoms with Crippen molar-refractivity contribution in [2.24, 2.45) is 11.8 Å². The molecule has 0 aromatic heterocycles. The van der Waals surface area contributed by atoms with Crippen LogP contribution in [0.2, 0.25) is 0 Å². The third-order valence-corrected chi connectivity index (χ3v) is 6.27. The maximum Gasteiger partial charge on any atom is 0.338 e. The minimum absolute atomic E-state index is 0. The summed E-state index contributed by atoms with van der Waals surface area (Å²) in [6.07, 6.45) is 0. The first-order chi connectivity index (χ1) is 10.5. The summed E-state index contributed by atoms with van der Waals surface area (Å²) in [5.74, 6) is 0.148. The van der Waals surface area contributed by atoms with E-state index in [9.17, 15) is 13.2 Å². The van der Waals surface area contributed by atoms with Gasteiger partial charge >= 0.3 is 5.97 Å². The summed E-state index contributed by atoms with van der Waals surface area (Å²) < 4.78 is 31.6. The van der Waals surface area contributed by atoms with Crippen LogP contribution in [0.15, 0.2) is 24.3 Å². The van der Waals surface area contributed by atoms with E-state index in [4.69, 9.17) is 4.74 Å². The van der Waals surface area contributed by atoms with Gasteiger partial charge in [-0.25, -0.2) is 17.5 Å². The molecule has 0 bridgehead atoms. The fraction of sp³-hybridized carbons (Fsp3) is 0.533. The van der Waals surface area contributed by atoms with Gasteiger partial charge in [0.15, 0.2) is 0 Å². The van der Waals surface area contributed by atoms with E-state index in [1.54, 1.807) is 28.6 Å². The number of esters is 1. The fourth-order valence-electron chi connectivity index (χ4n) is 3.28. The molecular weight excluding hydrogens is 340 g/mol. The van der Waals surface area contributed by atoms with Gasteiger partial charge < -0.3 is 10.1 Å². The molecule has 23 heavy (non-hydrogen) atoms. The molecule has 6 nitrogen and oxygen atoms in total. The molecule has 0 aliphatic carbocycles. The molecule has 1 N–H and O–H groups in total. The van der Waals surface area contributed by atoms with E-state index < -0.39 is 16.0 Å². The lowest BCUT2D eigenvalue weighted by Gasteiger charge is -2.18. The van der Waals surface area contributed by atoms with Gasteiger partial charge in [0.1, 0.15) is 0 Å². The predicted octanol–water partition coefficient (Wildman–Crippen LogP) is 0.876. The van der Waals surface area contributed by atoms with E-state index >= 15 is 0 Å². The highest BCUT2D eigenvalue weighted by atomic mass is 35.5. The van der Waals surface area contributed by atoms with Crippen LogP contribution in [0, 0.1) is 11.8 Å². The Bertz CT molecular complexity index is 668. The first kappa shape index (κ1) is 18.2. The molecule has 128 valence electrons. The van der Waals surface area contributed by atoms with Crippen LogP contribution in [0.1, 0.15) is 15.9 Å². The van der Waals surface area contributed by atoms with Crippen molar-refractivity contribution in [3.8, 4) is 0 Å². The standard InChI is InChI=1S/C15H20N2O4S.ClH/c1-21-15(18)14-5-3-2-4-11(14)10-22(19,20)17-8-12-6-16-7-13(12)9-17;/h2-5,12-13,16H,6-10H2,1H3;1H/t12-,13+;. The quantitative estimate of drug-likeness (QED) is 0.806. The Hall–Kier alpha value is -1.15. The van der Waals surface area contributed by atoms with Crippen molar-refractivity contribution in [2.45, 2.75) is 5.75 Å². The van der Waals surface area contributed by atoms with Gasteiger partial charge in [-0.1, -0.05) is 18.2 Å². The normalized spacial score (nSPS) is 24.0. The SMILES string of the molecule is COC(=O)c1ccccc1CS(=O)(=O)N1C[C@H]2CNC[C@H]2C1.Cl. The van der Waals surface area contributed by atoms with Gasteiger partial charge in [0.25, 0.3) is 0 Å². The van der Waals surface area contributed by atoms with Crippen LogP contribution in [0.25, 0.3) is 0 Å². The van der Waals surface area contributed by atoms with Crippen molar-refractivity contribution < 1.29 is 17.9 Å². The number of benzene rings is 1. The number of fused-ring (bicyclic) bond motifs is 1. The molecule has 2 saturated heterocycles. The van der Waals surface area contributed by atoms with Crippen molar-refractivity contribution in [3.63, 3.8) is 0 Å². The van der Waals surface area contributed by atoms with E-state index in [0.717, 1.165) is 13.1 Å². The van der Waals surface area contributed by atoms with Crippen molar-refractivity contribution in [2.75, 3.05) is 33.3 Å². The fourth-order valence-corrected chi connectivity index (χ4v) is 4.95. The van der Waals surface area contributed by atoms with Crippen LogP contribution in [0.4, 0.5) is 0 Å². The molecule has 2 aliphatic rings. The van der Waals surface area contributed by atoms with E-state index in [1.165, 1.54) is 7.11 Å². The molecular formula is C15H21ClN2O4S. The maximum absolute atomic E-state index is 12.6. The zero-order valence-corrected chi connectivity index (χ0v) is 14.5. The third-order valence-electron chi connectivity index (χ3n) is 4.51. The zero-order valence-electron chi connectivity index (χ0n) is 12.9. The number of carbonyl (C=O) groups is 1. The second-order valence-electron chi connectivity index (χ2n) is 5.90. The highest BCUT2D eigenvalue weighted by molar-refractivity contribution is 7.88. The number of methoxy groups -OCH3 is 1. The topological polar surface area (TPSA) is 75.7 Å². The van der Waals surface area contributed by atoms with Gasteiger partial charge in [0.05, 0.1) is 18.4 Å². The molecule has 0 radical (unpaired) electrons. The Morgan fingerprint density at radius 1 is 1.26 bits per heavy atom. The minimum Gasteiger partial charge on any atom is -0.465 e. The van der Waals surface area contributed by atoms with E-state index in [0.29, 0.717) is 36.1 Å². The smallest absolute Gasteiger partial charge is 0.338 e. The summed E-state index contributed by atoms with van der Waals surface area (Å²) in [6.45, 7) is 2.91. The molecule has 2 atom stereocenters. The molecule has 1 aromatic rings. The highest BCUT2D eigenvalue weighted by Gasteiger charge is 2.41. The van der Waals surface area contributed by atoms with Gasteiger partial charge in [-0.15, -0.1) is 12.4 Å².